The van der Waals surface area contributed by atoms with Gasteiger partial charge in [-0.15, -0.1) is 0 Å². The summed E-state index contributed by atoms with van der Waals surface area (Å²) < 4.78 is 0. The van der Waals surface area contributed by atoms with E-state index in [-0.39, 0.29) is 12.3 Å². The molecule has 1 aromatic carbocycles. The van der Waals surface area contributed by atoms with Crippen molar-refractivity contribution in [2.75, 3.05) is 6.54 Å². The molecule has 1 radical (unpaired) electrons. The number of hydrogen-bond donors (Lipinski definition) is 1. The number of ketones is 1. The quantitative estimate of drug-likeness (QED) is 0.350. The number of Topliss-reactive ketones (excluding diaryl/α,β-unsaturated/α-hetero) is 1. The summed E-state index contributed by atoms with van der Waals surface area (Å²) in [6.45, 7) is -0.172. The molecule has 0 bridgehead atoms. The molecule has 0 aliphatic heterocycles. The Bertz CT molecular complexity index is 551. The normalized spacial score (nSPS) is 9.87. The summed E-state index contributed by atoms with van der Waals surface area (Å²) in [4.78, 5) is 17.0. The molecule has 0 atom stereocenters. The number of para-hydroxylation sites is 1. The van der Waals surface area contributed by atoms with Crippen LogP contribution in [0.2, 0.25) is 0 Å². The lowest BCUT2D eigenvalue weighted by Gasteiger charge is -1.93. The molecule has 0 aliphatic carbocycles. The van der Waals surface area contributed by atoms with Gasteiger partial charge in [0.05, 0.1) is 18.3 Å². The number of H-pyrrole nitrogens is 1. The highest BCUT2D eigenvalue weighted by molar-refractivity contribution is 6.08. The van der Waals surface area contributed by atoms with Crippen LogP contribution in [0.15, 0.2) is 29.4 Å². The molecule has 0 aliphatic rings. The van der Waals surface area contributed by atoms with E-state index in [0.717, 1.165) is 10.9 Å². The van der Waals surface area contributed by atoms with Gasteiger partial charge in [-0.05, 0) is 11.6 Å². The number of carbonyl (C=O) groups excluding carboxylic acids is 1. The minimum atomic E-state index is -0.231. The fourth-order valence-corrected chi connectivity index (χ4v) is 1.40. The summed E-state index contributed by atoms with van der Waals surface area (Å²) in [7, 11) is 0. The maximum Gasteiger partial charge on any atom is 0.171 e. The largest absolute Gasteiger partial charge is 0.353 e. The van der Waals surface area contributed by atoms with Crippen LogP contribution in [0.5, 0.6) is 0 Å². The van der Waals surface area contributed by atoms with Gasteiger partial charge in [0, 0.05) is 15.8 Å². The topological polar surface area (TPSA) is 81.6 Å². The number of aromatic amines is 1. The van der Waals surface area contributed by atoms with Gasteiger partial charge in [0.2, 0.25) is 0 Å². The fourth-order valence-electron chi connectivity index (χ4n) is 1.40. The highest BCUT2D eigenvalue weighted by atomic mass is 16.1. The molecule has 0 amide bonds. The average molecular weight is 199 g/mol. The van der Waals surface area contributed by atoms with Crippen LogP contribution in [0.1, 0.15) is 10.4 Å². The van der Waals surface area contributed by atoms with Crippen molar-refractivity contribution in [3.63, 3.8) is 0 Å². The predicted molar refractivity (Wildman–Crippen MR) is 55.5 cm³/mol. The van der Waals surface area contributed by atoms with Crippen LogP contribution in [0.25, 0.3) is 21.3 Å². The summed E-state index contributed by atoms with van der Waals surface area (Å²) in [6.07, 6.45) is 2.76. The lowest BCUT2D eigenvalue weighted by atomic mass is 10.1. The Balaban J connectivity index is 2.43. The van der Waals surface area contributed by atoms with E-state index in [0.29, 0.717) is 5.56 Å². The highest BCUT2D eigenvalue weighted by Gasteiger charge is 2.10. The van der Waals surface area contributed by atoms with Crippen LogP contribution < -0.4 is 0 Å². The van der Waals surface area contributed by atoms with Crippen molar-refractivity contribution in [3.8, 4) is 0 Å². The lowest BCUT2D eigenvalue weighted by Crippen LogP contribution is -2.01. The van der Waals surface area contributed by atoms with Crippen LogP contribution in [-0.4, -0.2) is 17.3 Å². The number of nitrogens with zero attached hydrogens (tertiary/aromatic N) is 3. The number of azide groups is 1. The third kappa shape index (κ3) is 1.68. The minimum Gasteiger partial charge on any atom is -0.353 e. The molecule has 1 heterocycles. The van der Waals surface area contributed by atoms with Crippen molar-refractivity contribution >= 4 is 16.7 Å². The Morgan fingerprint density at radius 1 is 1.53 bits per heavy atom. The second-order valence-electron chi connectivity index (χ2n) is 2.98. The van der Waals surface area contributed by atoms with Crippen molar-refractivity contribution in [1.82, 2.24) is 4.98 Å². The summed E-state index contributed by atoms with van der Waals surface area (Å²) in [5, 5.41) is 4.03. The van der Waals surface area contributed by atoms with Crippen molar-refractivity contribution < 1.29 is 4.79 Å². The number of nitrogens with one attached hydrogen (secondary N) is 1. The van der Waals surface area contributed by atoms with Crippen LogP contribution in [-0.2, 0) is 0 Å². The monoisotopic (exact) mass is 199 g/mol. The third-order valence-corrected chi connectivity index (χ3v) is 2.07. The molecule has 5 heteroatoms. The third-order valence-electron chi connectivity index (χ3n) is 2.07. The van der Waals surface area contributed by atoms with Crippen LogP contribution in [0.4, 0.5) is 0 Å². The summed E-state index contributed by atoms with van der Waals surface area (Å²) >= 11 is 0. The predicted octanol–water partition coefficient (Wildman–Crippen LogP) is 2.46. The molecule has 5 nitrogen and oxygen atoms in total. The molecular formula is C10H7N4O. The smallest absolute Gasteiger partial charge is 0.171 e. The maximum absolute atomic E-state index is 11.6. The van der Waals surface area contributed by atoms with E-state index in [4.69, 9.17) is 5.53 Å². The van der Waals surface area contributed by atoms with Gasteiger partial charge < -0.3 is 4.98 Å². The molecule has 1 aromatic heterocycles. The standard InChI is InChI=1S/C10H7N4O/c11-14-13-6-10(15)8-5-12-9-4-2-1-3-7(8)9/h1-4,12H,6H2. The van der Waals surface area contributed by atoms with E-state index in [1.54, 1.807) is 0 Å². The second kappa shape index (κ2) is 3.86. The van der Waals surface area contributed by atoms with E-state index in [1.165, 1.54) is 0 Å². The van der Waals surface area contributed by atoms with Gasteiger partial charge >= 0.3 is 0 Å². The van der Waals surface area contributed by atoms with Gasteiger partial charge in [0.15, 0.2) is 5.78 Å². The van der Waals surface area contributed by atoms with Gasteiger partial charge in [-0.1, -0.05) is 23.3 Å². The number of fused-ring (bicyclic) bond motifs is 1. The van der Waals surface area contributed by atoms with E-state index < -0.39 is 0 Å². The van der Waals surface area contributed by atoms with Gasteiger partial charge in [-0.3, -0.25) is 4.79 Å². The molecule has 0 unspecified atom stereocenters. The number of aromatic nitrogens is 1. The van der Waals surface area contributed by atoms with E-state index in [2.05, 4.69) is 21.2 Å². The highest BCUT2D eigenvalue weighted by Crippen LogP contribution is 2.17. The van der Waals surface area contributed by atoms with E-state index in [1.807, 2.05) is 24.3 Å². The number of rotatable bonds is 3. The first-order valence-corrected chi connectivity index (χ1v) is 4.35. The molecule has 2 aromatic rings. The molecule has 15 heavy (non-hydrogen) atoms. The number of hydrogen-bond acceptors (Lipinski definition) is 2. The van der Waals surface area contributed by atoms with Gasteiger partial charge in [0.1, 0.15) is 0 Å². The van der Waals surface area contributed by atoms with Crippen LogP contribution in [0.3, 0.4) is 0 Å². The Morgan fingerprint density at radius 2 is 2.33 bits per heavy atom. The Hall–Kier alpha value is -2.26. The zero-order chi connectivity index (χ0) is 10.7. The summed E-state index contributed by atoms with van der Waals surface area (Å²) in [5.41, 5.74) is 9.41. The first-order chi connectivity index (χ1) is 7.33. The molecule has 0 fully saturated rings. The molecule has 0 saturated carbocycles. The Labute approximate surface area is 85.3 Å². The summed E-state index contributed by atoms with van der Waals surface area (Å²) in [5.74, 6) is -0.231. The molecule has 73 valence electrons. The first kappa shape index (κ1) is 9.30. The second-order valence-corrected chi connectivity index (χ2v) is 2.98. The van der Waals surface area contributed by atoms with Crippen molar-refractivity contribution in [3.05, 3.63) is 46.5 Å². The Morgan fingerprint density at radius 3 is 3.13 bits per heavy atom. The average Bonchev–Trinajstić information content (AvgIpc) is 2.69. The molecule has 0 saturated heterocycles. The summed E-state index contributed by atoms with van der Waals surface area (Å²) in [6, 6.07) is 7.39. The van der Waals surface area contributed by atoms with E-state index >= 15 is 0 Å². The Kier molecular flexibility index (Phi) is 2.39. The minimum absolute atomic E-state index is 0.172. The number of carbonyl (C=O) groups is 1. The van der Waals surface area contributed by atoms with Crippen molar-refractivity contribution in [2.45, 2.75) is 0 Å². The van der Waals surface area contributed by atoms with Crippen molar-refractivity contribution in [2.24, 2.45) is 5.11 Å². The molecular weight excluding hydrogens is 192 g/mol. The van der Waals surface area contributed by atoms with Gasteiger partial charge in [0.25, 0.3) is 0 Å². The molecule has 1 N–H and O–H groups in total. The van der Waals surface area contributed by atoms with Gasteiger partial charge in [-0.25, -0.2) is 0 Å². The lowest BCUT2D eigenvalue weighted by molar-refractivity contribution is 0.100. The molecule has 2 rings (SSSR count). The van der Waals surface area contributed by atoms with Crippen LogP contribution >= 0.6 is 0 Å². The van der Waals surface area contributed by atoms with Crippen molar-refractivity contribution in [1.29, 1.82) is 0 Å². The van der Waals surface area contributed by atoms with E-state index in [9.17, 15) is 4.79 Å². The first-order valence-electron chi connectivity index (χ1n) is 4.35. The fraction of sp³-hybridized carbons (Fsp3) is 0.100. The van der Waals surface area contributed by atoms with Crippen LogP contribution in [0, 0.1) is 6.20 Å². The number of benzene rings is 1. The zero-order valence-electron chi connectivity index (χ0n) is 7.77. The SMILES string of the molecule is [N-]=[N+]=NCC(=O)c1[c][nH]c2ccccc12. The maximum atomic E-state index is 11.6. The van der Waals surface area contributed by atoms with Gasteiger partial charge in [-0.2, -0.15) is 0 Å². The molecule has 0 spiro atoms. The zero-order valence-corrected chi connectivity index (χ0v) is 7.77.